The molecule has 1 unspecified atom stereocenters. The molecule has 0 aromatic carbocycles. The van der Waals surface area contributed by atoms with E-state index in [1.807, 2.05) is 0 Å². The van der Waals surface area contributed by atoms with Crippen LogP contribution in [0.25, 0.3) is 0 Å². The van der Waals surface area contributed by atoms with E-state index in [-0.39, 0.29) is 18.6 Å². The van der Waals surface area contributed by atoms with E-state index in [1.165, 1.54) is 0 Å². The van der Waals surface area contributed by atoms with Gasteiger partial charge in [-0.15, -0.1) is 0 Å². The van der Waals surface area contributed by atoms with Crippen molar-refractivity contribution in [2.45, 2.75) is 45.6 Å². The second-order valence-electron chi connectivity index (χ2n) is 6.10. The number of aliphatic hydroxyl groups excluding tert-OH is 1. The number of piperidine rings is 1. The average molecular weight is 290 g/mol. The van der Waals surface area contributed by atoms with Crippen LogP contribution in [-0.4, -0.2) is 54.4 Å². The Labute approximate surface area is 116 Å². The maximum absolute atomic E-state index is 12.7. The van der Waals surface area contributed by atoms with E-state index in [1.54, 1.807) is 8.61 Å². The van der Waals surface area contributed by atoms with E-state index in [9.17, 15) is 8.42 Å². The molecule has 6 heteroatoms. The first-order valence-electron chi connectivity index (χ1n) is 7.34. The number of nitrogens with zero attached hydrogens (tertiary/aromatic N) is 2. The summed E-state index contributed by atoms with van der Waals surface area (Å²) in [6.45, 7) is 6.12. The molecule has 112 valence electrons. The summed E-state index contributed by atoms with van der Waals surface area (Å²) in [5, 5.41) is 9.13. The minimum Gasteiger partial charge on any atom is -0.396 e. The van der Waals surface area contributed by atoms with Gasteiger partial charge in [-0.05, 0) is 37.5 Å². The van der Waals surface area contributed by atoms with Gasteiger partial charge in [0.05, 0.1) is 0 Å². The second kappa shape index (κ2) is 6.08. The van der Waals surface area contributed by atoms with Crippen molar-refractivity contribution in [2.24, 2.45) is 11.8 Å². The zero-order chi connectivity index (χ0) is 14.0. The number of aliphatic hydroxyl groups is 1. The Kier molecular flexibility index (Phi) is 4.87. The molecule has 2 rings (SSSR count). The van der Waals surface area contributed by atoms with Crippen molar-refractivity contribution in [3.8, 4) is 0 Å². The van der Waals surface area contributed by atoms with Gasteiger partial charge in [0.1, 0.15) is 0 Å². The summed E-state index contributed by atoms with van der Waals surface area (Å²) in [6.07, 6.45) is 3.49. The smallest absolute Gasteiger partial charge is 0.282 e. The third-order valence-electron chi connectivity index (χ3n) is 4.47. The molecule has 2 fully saturated rings. The molecule has 1 atom stereocenters. The largest absolute Gasteiger partial charge is 0.396 e. The maximum Gasteiger partial charge on any atom is 0.282 e. The summed E-state index contributed by atoms with van der Waals surface area (Å²) >= 11 is 0. The van der Waals surface area contributed by atoms with Crippen molar-refractivity contribution in [1.29, 1.82) is 0 Å². The van der Waals surface area contributed by atoms with Crippen molar-refractivity contribution in [3.63, 3.8) is 0 Å². The molecule has 0 aliphatic carbocycles. The Hall–Kier alpha value is -0.170. The molecule has 0 bridgehead atoms. The molecular formula is C13H26N2O3S. The monoisotopic (exact) mass is 290 g/mol. The molecule has 0 aromatic rings. The Morgan fingerprint density at radius 3 is 2.32 bits per heavy atom. The van der Waals surface area contributed by atoms with Crippen LogP contribution in [0.2, 0.25) is 0 Å². The average Bonchev–Trinajstić information content (AvgIpc) is 2.89. The predicted octanol–water partition coefficient (Wildman–Crippen LogP) is 1.06. The van der Waals surface area contributed by atoms with E-state index >= 15 is 0 Å². The minimum absolute atomic E-state index is 0.153. The van der Waals surface area contributed by atoms with Crippen molar-refractivity contribution in [1.82, 2.24) is 8.61 Å². The SMILES string of the molecule is CC(C)C1CCCN1S(=O)(=O)N1CCC(CO)CC1. The second-order valence-corrected chi connectivity index (χ2v) is 7.98. The summed E-state index contributed by atoms with van der Waals surface area (Å²) in [6, 6.07) is 0.153. The van der Waals surface area contributed by atoms with Crippen molar-refractivity contribution in [2.75, 3.05) is 26.2 Å². The molecule has 2 saturated heterocycles. The van der Waals surface area contributed by atoms with E-state index in [0.717, 1.165) is 25.7 Å². The van der Waals surface area contributed by atoms with Gasteiger partial charge in [-0.1, -0.05) is 13.8 Å². The van der Waals surface area contributed by atoms with Crippen LogP contribution in [0.4, 0.5) is 0 Å². The molecule has 0 radical (unpaired) electrons. The van der Waals surface area contributed by atoms with Crippen LogP contribution in [0.1, 0.15) is 39.5 Å². The molecule has 2 aliphatic heterocycles. The van der Waals surface area contributed by atoms with Gasteiger partial charge >= 0.3 is 0 Å². The minimum atomic E-state index is -3.30. The number of hydrogen-bond acceptors (Lipinski definition) is 3. The molecular weight excluding hydrogens is 264 g/mol. The Balaban J connectivity index is 2.06. The van der Waals surface area contributed by atoms with Gasteiger partial charge in [-0.2, -0.15) is 17.0 Å². The highest BCUT2D eigenvalue weighted by molar-refractivity contribution is 7.86. The first-order chi connectivity index (χ1) is 8.96. The van der Waals surface area contributed by atoms with Crippen molar-refractivity contribution >= 4 is 10.2 Å². The Morgan fingerprint density at radius 1 is 1.16 bits per heavy atom. The Morgan fingerprint density at radius 2 is 1.79 bits per heavy atom. The summed E-state index contributed by atoms with van der Waals surface area (Å²) in [7, 11) is -3.30. The van der Waals surface area contributed by atoms with Crippen LogP contribution < -0.4 is 0 Å². The highest BCUT2D eigenvalue weighted by Gasteiger charge is 2.40. The van der Waals surface area contributed by atoms with E-state index < -0.39 is 10.2 Å². The van der Waals surface area contributed by atoms with Gasteiger partial charge < -0.3 is 5.11 Å². The lowest BCUT2D eigenvalue weighted by molar-refractivity contribution is 0.164. The third-order valence-corrected chi connectivity index (χ3v) is 6.54. The normalized spacial score (nSPS) is 28.3. The molecule has 19 heavy (non-hydrogen) atoms. The van der Waals surface area contributed by atoms with Gasteiger partial charge in [0, 0.05) is 32.3 Å². The van der Waals surface area contributed by atoms with E-state index in [2.05, 4.69) is 13.8 Å². The molecule has 1 N–H and O–H groups in total. The third kappa shape index (κ3) is 3.12. The standard InChI is InChI=1S/C13H26N2O3S/c1-11(2)13-4-3-7-15(13)19(17,18)14-8-5-12(10-16)6-9-14/h11-13,16H,3-10H2,1-2H3. The van der Waals surface area contributed by atoms with Crippen LogP contribution in [0, 0.1) is 11.8 Å². The summed E-state index contributed by atoms with van der Waals surface area (Å²) in [5.41, 5.74) is 0. The summed E-state index contributed by atoms with van der Waals surface area (Å²) in [5.74, 6) is 0.637. The topological polar surface area (TPSA) is 60.9 Å². The van der Waals surface area contributed by atoms with Crippen LogP contribution in [0.5, 0.6) is 0 Å². The van der Waals surface area contributed by atoms with Gasteiger partial charge in [0.25, 0.3) is 10.2 Å². The first-order valence-corrected chi connectivity index (χ1v) is 8.74. The highest BCUT2D eigenvalue weighted by atomic mass is 32.2. The molecule has 0 amide bonds. The predicted molar refractivity (Wildman–Crippen MR) is 74.9 cm³/mol. The lowest BCUT2D eigenvalue weighted by Crippen LogP contribution is -2.50. The van der Waals surface area contributed by atoms with Crippen LogP contribution in [0.3, 0.4) is 0 Å². The van der Waals surface area contributed by atoms with Crippen LogP contribution in [-0.2, 0) is 10.2 Å². The van der Waals surface area contributed by atoms with Gasteiger partial charge in [0.2, 0.25) is 0 Å². The fraction of sp³-hybridized carbons (Fsp3) is 1.00. The summed E-state index contributed by atoms with van der Waals surface area (Å²) in [4.78, 5) is 0. The lowest BCUT2D eigenvalue weighted by Gasteiger charge is -2.36. The molecule has 5 nitrogen and oxygen atoms in total. The highest BCUT2D eigenvalue weighted by Crippen LogP contribution is 2.30. The van der Waals surface area contributed by atoms with Gasteiger partial charge in [-0.25, -0.2) is 0 Å². The zero-order valence-corrected chi connectivity index (χ0v) is 12.8. The van der Waals surface area contributed by atoms with Crippen molar-refractivity contribution in [3.05, 3.63) is 0 Å². The quantitative estimate of drug-likeness (QED) is 0.842. The molecule has 2 aliphatic rings. The van der Waals surface area contributed by atoms with Crippen LogP contribution >= 0.6 is 0 Å². The van der Waals surface area contributed by atoms with Gasteiger partial charge in [0.15, 0.2) is 0 Å². The molecule has 0 spiro atoms. The van der Waals surface area contributed by atoms with Crippen molar-refractivity contribution < 1.29 is 13.5 Å². The Bertz CT molecular complexity index is 389. The zero-order valence-electron chi connectivity index (χ0n) is 12.0. The van der Waals surface area contributed by atoms with Gasteiger partial charge in [-0.3, -0.25) is 0 Å². The molecule has 0 saturated carbocycles. The van der Waals surface area contributed by atoms with Crippen LogP contribution in [0.15, 0.2) is 0 Å². The summed E-state index contributed by atoms with van der Waals surface area (Å²) < 4.78 is 28.7. The lowest BCUT2D eigenvalue weighted by atomic mass is 10.00. The fourth-order valence-corrected chi connectivity index (χ4v) is 5.21. The molecule has 2 heterocycles. The fourth-order valence-electron chi connectivity index (χ4n) is 3.19. The maximum atomic E-state index is 12.7. The van der Waals surface area contributed by atoms with E-state index in [0.29, 0.717) is 25.6 Å². The number of rotatable bonds is 4. The molecule has 0 aromatic heterocycles. The first kappa shape index (κ1) is 15.2. The number of hydrogen-bond donors (Lipinski definition) is 1. The van der Waals surface area contributed by atoms with E-state index in [4.69, 9.17) is 5.11 Å².